The van der Waals surface area contributed by atoms with Gasteiger partial charge in [0.1, 0.15) is 0 Å². The van der Waals surface area contributed by atoms with Gasteiger partial charge in [0.25, 0.3) is 5.91 Å². The van der Waals surface area contributed by atoms with Crippen LogP contribution < -0.4 is 10.6 Å². The number of benzene rings is 4. The molecule has 0 bridgehead atoms. The third-order valence-electron chi connectivity index (χ3n) is 6.26. The van der Waals surface area contributed by atoms with Gasteiger partial charge < -0.3 is 15.7 Å². The molecule has 1 atom stereocenters. The van der Waals surface area contributed by atoms with E-state index in [2.05, 4.69) is 24.5 Å². The van der Waals surface area contributed by atoms with Crippen molar-refractivity contribution in [3.05, 3.63) is 102 Å². The molecule has 0 aliphatic rings. The Morgan fingerprint density at radius 2 is 1.47 bits per heavy atom. The van der Waals surface area contributed by atoms with E-state index in [1.165, 1.54) is 23.4 Å². The average Bonchev–Trinajstić information content (AvgIpc) is 2.91. The van der Waals surface area contributed by atoms with Gasteiger partial charge in [0.2, 0.25) is 5.91 Å². The highest BCUT2D eigenvalue weighted by Gasteiger charge is 2.20. The lowest BCUT2D eigenvalue weighted by atomic mass is 9.98. The van der Waals surface area contributed by atoms with Gasteiger partial charge >= 0.3 is 5.97 Å². The molecule has 4 aromatic rings. The van der Waals surface area contributed by atoms with Crippen LogP contribution >= 0.6 is 11.8 Å². The first-order valence-corrected chi connectivity index (χ1v) is 13.4. The minimum absolute atomic E-state index is 0.0770. The Kier molecular flexibility index (Phi) is 8.48. The smallest absolute Gasteiger partial charge is 0.336 e. The van der Waals surface area contributed by atoms with Crippen LogP contribution in [0, 0.1) is 0 Å². The Balaban J connectivity index is 1.48. The van der Waals surface area contributed by atoms with Crippen LogP contribution in [0.5, 0.6) is 0 Å². The first kappa shape index (κ1) is 26.9. The number of carboxylic acid groups (broad SMARTS) is 1. The lowest BCUT2D eigenvalue weighted by molar-refractivity contribution is -0.115. The number of carbonyl (C=O) groups excluding carboxylic acids is 2. The van der Waals surface area contributed by atoms with E-state index in [0.29, 0.717) is 28.8 Å². The predicted molar refractivity (Wildman–Crippen MR) is 154 cm³/mol. The Morgan fingerprint density at radius 1 is 0.816 bits per heavy atom. The summed E-state index contributed by atoms with van der Waals surface area (Å²) in [4.78, 5) is 38.8. The molecule has 0 heterocycles. The zero-order valence-corrected chi connectivity index (χ0v) is 22.3. The molecule has 7 heteroatoms. The normalized spacial score (nSPS) is 11.8. The first-order valence-electron chi connectivity index (χ1n) is 12.5. The lowest BCUT2D eigenvalue weighted by Gasteiger charge is -2.16. The van der Waals surface area contributed by atoms with Gasteiger partial charge in [-0.25, -0.2) is 4.79 Å². The van der Waals surface area contributed by atoms with E-state index in [-0.39, 0.29) is 22.3 Å². The third-order valence-corrected chi connectivity index (χ3v) is 7.62. The Labute approximate surface area is 226 Å². The van der Waals surface area contributed by atoms with Crippen molar-refractivity contribution in [1.82, 2.24) is 0 Å². The molecule has 0 saturated heterocycles. The molecule has 0 radical (unpaired) electrons. The van der Waals surface area contributed by atoms with Crippen LogP contribution in [0.1, 0.15) is 59.4 Å². The zero-order chi connectivity index (χ0) is 27.2. The summed E-state index contributed by atoms with van der Waals surface area (Å²) in [7, 11) is 0. The highest BCUT2D eigenvalue weighted by atomic mass is 32.2. The molecule has 38 heavy (non-hydrogen) atoms. The number of aromatic carboxylic acids is 1. The van der Waals surface area contributed by atoms with Crippen LogP contribution in [0.3, 0.4) is 0 Å². The van der Waals surface area contributed by atoms with Crippen LogP contribution in [-0.2, 0) is 4.79 Å². The van der Waals surface area contributed by atoms with Crippen LogP contribution in [0.4, 0.5) is 11.4 Å². The quantitative estimate of drug-likeness (QED) is 0.197. The van der Waals surface area contributed by atoms with Gasteiger partial charge in [-0.05, 0) is 65.8 Å². The summed E-state index contributed by atoms with van der Waals surface area (Å²) in [5.41, 5.74) is 2.90. The standard InChI is InChI=1S/C31H30N2O4S/c1-4-27(30(35)32-22-16-14-20(15-17-22)19(2)3)38-24-11-7-10-23(18-24)33-29(34)25-12-5-8-21-9-6-13-26(28(21)25)31(36)37/h5-19,27H,4H2,1-3H3,(H,32,35)(H,33,34)(H,36,37). The van der Waals surface area contributed by atoms with Crippen LogP contribution in [0.25, 0.3) is 10.8 Å². The van der Waals surface area contributed by atoms with Crippen molar-refractivity contribution in [2.45, 2.75) is 43.3 Å². The minimum atomic E-state index is -1.09. The van der Waals surface area contributed by atoms with Crippen molar-refractivity contribution in [3.63, 3.8) is 0 Å². The molecular weight excluding hydrogens is 496 g/mol. The summed E-state index contributed by atoms with van der Waals surface area (Å²) in [5.74, 6) is -1.15. The number of thioether (sulfide) groups is 1. The van der Waals surface area contributed by atoms with Gasteiger partial charge in [0.15, 0.2) is 0 Å². The van der Waals surface area contributed by atoms with Crippen LogP contribution in [0.15, 0.2) is 89.8 Å². The van der Waals surface area contributed by atoms with E-state index >= 15 is 0 Å². The number of rotatable bonds is 9. The molecule has 0 fully saturated rings. The highest BCUT2D eigenvalue weighted by molar-refractivity contribution is 8.00. The Morgan fingerprint density at radius 3 is 2.11 bits per heavy atom. The number of carbonyl (C=O) groups is 3. The van der Waals surface area contributed by atoms with E-state index in [4.69, 9.17) is 0 Å². The van der Waals surface area contributed by atoms with Crippen molar-refractivity contribution in [1.29, 1.82) is 0 Å². The molecule has 4 rings (SSSR count). The van der Waals surface area contributed by atoms with Crippen molar-refractivity contribution >= 4 is 51.7 Å². The fourth-order valence-corrected chi connectivity index (χ4v) is 5.23. The maximum Gasteiger partial charge on any atom is 0.336 e. The van der Waals surface area contributed by atoms with E-state index in [9.17, 15) is 19.5 Å². The maximum atomic E-state index is 13.2. The highest BCUT2D eigenvalue weighted by Crippen LogP contribution is 2.30. The molecule has 0 spiro atoms. The number of anilines is 2. The number of amides is 2. The van der Waals surface area contributed by atoms with E-state index < -0.39 is 11.9 Å². The summed E-state index contributed by atoms with van der Waals surface area (Å²) in [6.45, 7) is 6.22. The van der Waals surface area contributed by atoms with E-state index in [1.807, 2.05) is 49.4 Å². The molecule has 0 saturated carbocycles. The fourth-order valence-electron chi connectivity index (χ4n) is 4.21. The van der Waals surface area contributed by atoms with Gasteiger partial charge in [-0.2, -0.15) is 0 Å². The second-order valence-corrected chi connectivity index (χ2v) is 10.6. The molecular formula is C31H30N2O4S. The summed E-state index contributed by atoms with van der Waals surface area (Å²) >= 11 is 1.43. The molecule has 1 unspecified atom stereocenters. The largest absolute Gasteiger partial charge is 0.478 e. The number of nitrogens with one attached hydrogen (secondary N) is 2. The van der Waals surface area contributed by atoms with Gasteiger partial charge in [-0.15, -0.1) is 11.8 Å². The maximum absolute atomic E-state index is 13.2. The Hall–Kier alpha value is -4.10. The van der Waals surface area contributed by atoms with Crippen LogP contribution in [-0.4, -0.2) is 28.1 Å². The SMILES string of the molecule is CCC(Sc1cccc(NC(=O)c2cccc3cccc(C(=O)O)c23)c1)C(=O)Nc1ccc(C(C)C)cc1. The first-order chi connectivity index (χ1) is 18.3. The second kappa shape index (κ2) is 12.0. The molecule has 3 N–H and O–H groups in total. The van der Waals surface area contributed by atoms with Gasteiger partial charge in [0.05, 0.1) is 10.8 Å². The summed E-state index contributed by atoms with van der Waals surface area (Å²) in [6, 6.07) is 25.3. The predicted octanol–water partition coefficient (Wildman–Crippen LogP) is 7.42. The fraction of sp³-hybridized carbons (Fsp3) is 0.194. The number of hydrogen-bond donors (Lipinski definition) is 3. The summed E-state index contributed by atoms with van der Waals surface area (Å²) < 4.78 is 0. The van der Waals surface area contributed by atoms with Gasteiger partial charge in [-0.3, -0.25) is 9.59 Å². The zero-order valence-electron chi connectivity index (χ0n) is 21.5. The van der Waals surface area contributed by atoms with Crippen molar-refractivity contribution in [3.8, 4) is 0 Å². The molecule has 2 amide bonds. The molecule has 6 nitrogen and oxygen atoms in total. The number of fused-ring (bicyclic) bond motifs is 1. The summed E-state index contributed by atoms with van der Waals surface area (Å²) in [6.07, 6.45) is 0.630. The molecule has 0 aromatic heterocycles. The van der Waals surface area contributed by atoms with Crippen molar-refractivity contribution < 1.29 is 19.5 Å². The van der Waals surface area contributed by atoms with E-state index in [1.54, 1.807) is 36.4 Å². The number of hydrogen-bond acceptors (Lipinski definition) is 4. The lowest BCUT2D eigenvalue weighted by Crippen LogP contribution is -2.24. The van der Waals surface area contributed by atoms with Gasteiger partial charge in [0, 0.05) is 27.2 Å². The monoisotopic (exact) mass is 526 g/mol. The van der Waals surface area contributed by atoms with Gasteiger partial charge in [-0.1, -0.05) is 63.2 Å². The number of carboxylic acids is 1. The minimum Gasteiger partial charge on any atom is -0.478 e. The Bertz CT molecular complexity index is 1480. The molecule has 0 aliphatic heterocycles. The molecule has 0 aliphatic carbocycles. The topological polar surface area (TPSA) is 95.5 Å². The van der Waals surface area contributed by atoms with Crippen molar-refractivity contribution in [2.24, 2.45) is 0 Å². The average molecular weight is 527 g/mol. The molecule has 4 aromatic carbocycles. The summed E-state index contributed by atoms with van der Waals surface area (Å²) in [5, 5.41) is 16.3. The molecule has 194 valence electrons. The second-order valence-electron chi connectivity index (χ2n) is 9.28. The van der Waals surface area contributed by atoms with Crippen molar-refractivity contribution in [2.75, 3.05) is 10.6 Å². The third kappa shape index (κ3) is 6.23. The van der Waals surface area contributed by atoms with Crippen LogP contribution in [0.2, 0.25) is 0 Å². The van der Waals surface area contributed by atoms with E-state index in [0.717, 1.165) is 10.6 Å².